The Hall–Kier alpha value is -3.92. The van der Waals surface area contributed by atoms with Crippen LogP contribution < -0.4 is 0 Å². The van der Waals surface area contributed by atoms with E-state index in [0.29, 0.717) is 0 Å². The molecule has 0 atom stereocenters. The maximum Gasteiger partial charge on any atom is 0.181 e. The van der Waals surface area contributed by atoms with Gasteiger partial charge in [0.1, 0.15) is 0 Å². The van der Waals surface area contributed by atoms with E-state index in [-0.39, 0.29) is 23.1 Å². The van der Waals surface area contributed by atoms with Crippen molar-refractivity contribution in [3.05, 3.63) is 117 Å². The summed E-state index contributed by atoms with van der Waals surface area (Å²) in [6.45, 7) is 15.2. The van der Waals surface area contributed by atoms with E-state index in [0.717, 1.165) is 44.6 Å². The zero-order valence-electron chi connectivity index (χ0n) is 22.6. The lowest BCUT2D eigenvalue weighted by Gasteiger charge is -2.10. The van der Waals surface area contributed by atoms with Gasteiger partial charge >= 0.3 is 0 Å². The Bertz CT molecular complexity index is 1050. The fraction of sp³-hybridized carbons (Fsp3) is 0.250. The predicted octanol–water partition coefficient (Wildman–Crippen LogP) is 6.96. The Kier molecular flexibility index (Phi) is 12.1. The van der Waals surface area contributed by atoms with Gasteiger partial charge in [-0.25, -0.2) is 0 Å². The van der Waals surface area contributed by atoms with Gasteiger partial charge in [-0.2, -0.15) is 0 Å². The highest BCUT2D eigenvalue weighted by Crippen LogP contribution is 2.23. The van der Waals surface area contributed by atoms with Gasteiger partial charge in [-0.05, 0) is 121 Å². The zero-order valence-corrected chi connectivity index (χ0v) is 22.6. The van der Waals surface area contributed by atoms with Crippen LogP contribution in [0.25, 0.3) is 0 Å². The lowest BCUT2D eigenvalue weighted by molar-refractivity contribution is -0.112. The maximum absolute atomic E-state index is 11.3. The monoisotopic (exact) mass is 484 g/mol. The van der Waals surface area contributed by atoms with Crippen molar-refractivity contribution in [2.24, 2.45) is 0 Å². The minimum absolute atomic E-state index is 0.0425. The van der Waals surface area contributed by atoms with E-state index in [1.807, 2.05) is 52.0 Å². The van der Waals surface area contributed by atoms with E-state index < -0.39 is 0 Å². The topological polar surface area (TPSA) is 68.3 Å². The lowest BCUT2D eigenvalue weighted by atomic mass is 9.93. The second kappa shape index (κ2) is 14.5. The molecule has 0 saturated carbocycles. The highest BCUT2D eigenvalue weighted by molar-refractivity contribution is 6.08. The Labute approximate surface area is 215 Å². The molecule has 0 heterocycles. The standard InChI is InChI=1S/2C14H12O2.2C2H6/c2*1-9-7-11(3-5-13(9)15)12-4-6-14(16)10(2)8-12;2*1-2/h2*3-8H,1-2H3;2*1-2H3/b2*12-11-;;. The number of carbonyl (C=O) groups excluding carboxylic acids is 4. The lowest BCUT2D eigenvalue weighted by Crippen LogP contribution is -2.04. The van der Waals surface area contributed by atoms with Crippen molar-refractivity contribution < 1.29 is 19.2 Å². The van der Waals surface area contributed by atoms with Crippen LogP contribution >= 0.6 is 0 Å². The third kappa shape index (κ3) is 8.09. The van der Waals surface area contributed by atoms with Crippen molar-refractivity contribution in [3.63, 3.8) is 0 Å². The number of hydrogen-bond donors (Lipinski definition) is 0. The van der Waals surface area contributed by atoms with E-state index in [4.69, 9.17) is 0 Å². The third-order valence-electron chi connectivity index (χ3n) is 5.37. The average molecular weight is 485 g/mol. The minimum atomic E-state index is 0.0425. The van der Waals surface area contributed by atoms with Crippen LogP contribution in [-0.4, -0.2) is 23.1 Å². The molecule has 0 aromatic rings. The van der Waals surface area contributed by atoms with Crippen LogP contribution in [0.15, 0.2) is 117 Å². The van der Waals surface area contributed by atoms with Gasteiger partial charge < -0.3 is 0 Å². The summed E-state index contributed by atoms with van der Waals surface area (Å²) in [5.41, 5.74) is 6.78. The van der Waals surface area contributed by atoms with Gasteiger partial charge in [0.2, 0.25) is 0 Å². The van der Waals surface area contributed by atoms with Crippen molar-refractivity contribution in [2.45, 2.75) is 55.4 Å². The van der Waals surface area contributed by atoms with Gasteiger partial charge in [0.15, 0.2) is 23.1 Å². The number of rotatable bonds is 0. The molecule has 188 valence electrons. The smallest absolute Gasteiger partial charge is 0.181 e. The van der Waals surface area contributed by atoms with Crippen molar-refractivity contribution >= 4 is 23.1 Å². The molecule has 0 amide bonds. The molecule has 4 heteroatoms. The molecule has 0 aromatic heterocycles. The van der Waals surface area contributed by atoms with Gasteiger partial charge in [-0.1, -0.05) is 52.0 Å². The van der Waals surface area contributed by atoms with Crippen LogP contribution in [0.2, 0.25) is 0 Å². The summed E-state index contributed by atoms with van der Waals surface area (Å²) in [7, 11) is 0. The van der Waals surface area contributed by atoms with E-state index in [2.05, 4.69) is 0 Å². The molecule has 0 unspecified atom stereocenters. The summed E-state index contributed by atoms with van der Waals surface area (Å²) >= 11 is 0. The first-order valence-electron chi connectivity index (χ1n) is 12.3. The fourth-order valence-corrected chi connectivity index (χ4v) is 3.32. The molecular formula is C32H36O4. The number of hydrogen-bond acceptors (Lipinski definition) is 4. The van der Waals surface area contributed by atoms with Crippen LogP contribution in [0.5, 0.6) is 0 Å². The first-order valence-corrected chi connectivity index (χ1v) is 12.3. The predicted molar refractivity (Wildman–Crippen MR) is 148 cm³/mol. The van der Waals surface area contributed by atoms with Crippen LogP contribution in [0.3, 0.4) is 0 Å². The molecule has 4 nitrogen and oxygen atoms in total. The summed E-state index contributed by atoms with van der Waals surface area (Å²) in [6, 6.07) is 0. The van der Waals surface area contributed by atoms with Gasteiger partial charge in [0.25, 0.3) is 0 Å². The number of carbonyl (C=O) groups is 4. The minimum Gasteiger partial charge on any atom is -0.290 e. The number of allylic oxidation sites excluding steroid dienone is 20. The van der Waals surface area contributed by atoms with E-state index >= 15 is 0 Å². The maximum atomic E-state index is 11.3. The van der Waals surface area contributed by atoms with Crippen molar-refractivity contribution in [2.75, 3.05) is 0 Å². The molecule has 0 aromatic carbocycles. The molecule has 0 saturated heterocycles. The largest absolute Gasteiger partial charge is 0.290 e. The Balaban J connectivity index is 0.000000317. The molecule has 4 aliphatic rings. The van der Waals surface area contributed by atoms with Crippen LogP contribution in [-0.2, 0) is 19.2 Å². The molecule has 0 fully saturated rings. The van der Waals surface area contributed by atoms with Crippen molar-refractivity contribution in [1.29, 1.82) is 0 Å². The van der Waals surface area contributed by atoms with Gasteiger partial charge in [0, 0.05) is 0 Å². The molecule has 36 heavy (non-hydrogen) atoms. The van der Waals surface area contributed by atoms with Crippen LogP contribution in [0.1, 0.15) is 55.4 Å². The second-order valence-electron chi connectivity index (χ2n) is 7.92. The number of ketones is 4. The van der Waals surface area contributed by atoms with Crippen LogP contribution in [0, 0.1) is 0 Å². The molecule has 0 aliphatic heterocycles. The van der Waals surface area contributed by atoms with Gasteiger partial charge in [-0.15, -0.1) is 0 Å². The normalized spacial score (nSPS) is 22.2. The third-order valence-corrected chi connectivity index (χ3v) is 5.37. The van der Waals surface area contributed by atoms with Crippen molar-refractivity contribution in [1.82, 2.24) is 0 Å². The van der Waals surface area contributed by atoms with Gasteiger partial charge in [0.05, 0.1) is 0 Å². The molecule has 0 bridgehead atoms. The molecule has 0 spiro atoms. The molecule has 0 radical (unpaired) electrons. The summed E-state index contributed by atoms with van der Waals surface area (Å²) in [5.74, 6) is 0.170. The SMILES string of the molecule is CC.CC.CC1=C/C(=C2/C=CC(=O)C(C)=C2)C=CC1=O.CC1=C/C(=C2/C=CC(=O)C(C)=C2)C=CC1=O. The Morgan fingerprint density at radius 3 is 0.639 bits per heavy atom. The Morgan fingerprint density at radius 2 is 0.500 bits per heavy atom. The summed E-state index contributed by atoms with van der Waals surface area (Å²) in [6.07, 6.45) is 20.8. The molecule has 4 rings (SSSR count). The Morgan fingerprint density at radius 1 is 0.333 bits per heavy atom. The summed E-state index contributed by atoms with van der Waals surface area (Å²) in [4.78, 5) is 45.1. The summed E-state index contributed by atoms with van der Waals surface area (Å²) < 4.78 is 0. The van der Waals surface area contributed by atoms with Gasteiger partial charge in [-0.3, -0.25) is 19.2 Å². The van der Waals surface area contributed by atoms with Crippen LogP contribution in [0.4, 0.5) is 0 Å². The van der Waals surface area contributed by atoms with Crippen molar-refractivity contribution in [3.8, 4) is 0 Å². The first-order chi connectivity index (χ1) is 17.2. The van der Waals surface area contributed by atoms with E-state index in [1.165, 1.54) is 0 Å². The quantitative estimate of drug-likeness (QED) is 0.373. The van der Waals surface area contributed by atoms with E-state index in [9.17, 15) is 19.2 Å². The second-order valence-corrected chi connectivity index (χ2v) is 7.92. The fourth-order valence-electron chi connectivity index (χ4n) is 3.32. The molecule has 4 aliphatic carbocycles. The summed E-state index contributed by atoms with van der Waals surface area (Å²) in [5, 5.41) is 0. The average Bonchev–Trinajstić information content (AvgIpc) is 2.89. The zero-order chi connectivity index (χ0) is 27.4. The highest BCUT2D eigenvalue weighted by atomic mass is 16.1. The molecular weight excluding hydrogens is 448 g/mol. The highest BCUT2D eigenvalue weighted by Gasteiger charge is 2.13. The molecule has 0 N–H and O–H groups in total. The first kappa shape index (κ1) is 30.1. The van der Waals surface area contributed by atoms with E-state index in [1.54, 1.807) is 76.3 Å².